The van der Waals surface area contributed by atoms with E-state index in [1.54, 1.807) is 19.2 Å². The molecule has 0 bridgehead atoms. The van der Waals surface area contributed by atoms with Crippen molar-refractivity contribution in [1.82, 2.24) is 4.72 Å². The molecule has 0 amide bonds. The number of hydrogen-bond acceptors (Lipinski definition) is 4. The van der Waals surface area contributed by atoms with Crippen molar-refractivity contribution in [3.63, 3.8) is 0 Å². The molecular weight excluding hydrogens is 324 g/mol. The Bertz CT molecular complexity index is 820. The molecule has 1 N–H and O–H groups in total. The van der Waals surface area contributed by atoms with Gasteiger partial charge < -0.3 is 4.74 Å². The highest BCUT2D eigenvalue weighted by atomic mass is 32.2. The lowest BCUT2D eigenvalue weighted by Gasteiger charge is -2.23. The van der Waals surface area contributed by atoms with Crippen molar-refractivity contribution >= 4 is 10.0 Å². The first kappa shape index (κ1) is 18.0. The van der Waals surface area contributed by atoms with Gasteiger partial charge in [0, 0.05) is 6.04 Å². The molecule has 6 heteroatoms. The first-order valence-electron chi connectivity index (χ1n) is 7.54. The first-order chi connectivity index (χ1) is 11.4. The van der Waals surface area contributed by atoms with Crippen molar-refractivity contribution in [2.45, 2.75) is 24.8 Å². The summed E-state index contributed by atoms with van der Waals surface area (Å²) in [5, 5.41) is 8.82. The third-order valence-electron chi connectivity index (χ3n) is 3.72. The van der Waals surface area contributed by atoms with E-state index in [4.69, 9.17) is 10.00 Å². The summed E-state index contributed by atoms with van der Waals surface area (Å²) in [7, 11) is -2.10. The van der Waals surface area contributed by atoms with Gasteiger partial charge in [-0.3, -0.25) is 0 Å². The number of hydrogen-bond donors (Lipinski definition) is 1. The van der Waals surface area contributed by atoms with Crippen molar-refractivity contribution in [2.75, 3.05) is 7.11 Å². The van der Waals surface area contributed by atoms with Gasteiger partial charge in [-0.05, 0) is 47.9 Å². The molecule has 0 aromatic heterocycles. The molecule has 0 aliphatic carbocycles. The van der Waals surface area contributed by atoms with Crippen LogP contribution >= 0.6 is 0 Å². The zero-order valence-corrected chi connectivity index (χ0v) is 14.7. The van der Waals surface area contributed by atoms with Gasteiger partial charge in [0.1, 0.15) is 5.75 Å². The van der Waals surface area contributed by atoms with Crippen molar-refractivity contribution in [3.8, 4) is 11.8 Å². The van der Waals surface area contributed by atoms with E-state index >= 15 is 0 Å². The summed E-state index contributed by atoms with van der Waals surface area (Å²) in [6.07, 6.45) is 0. The lowest BCUT2D eigenvalue weighted by Crippen LogP contribution is -2.31. The molecule has 2 aromatic carbocycles. The normalized spacial score (nSPS) is 12.6. The zero-order valence-electron chi connectivity index (χ0n) is 13.9. The Kier molecular flexibility index (Phi) is 5.60. The van der Waals surface area contributed by atoms with Gasteiger partial charge in [0.15, 0.2) is 0 Å². The number of rotatable bonds is 6. The van der Waals surface area contributed by atoms with Crippen LogP contribution in [0.3, 0.4) is 0 Å². The van der Waals surface area contributed by atoms with Crippen molar-refractivity contribution in [2.24, 2.45) is 5.92 Å². The van der Waals surface area contributed by atoms with Crippen LogP contribution in [0.2, 0.25) is 0 Å². The van der Waals surface area contributed by atoms with Crippen LogP contribution in [-0.4, -0.2) is 15.5 Å². The van der Waals surface area contributed by atoms with Crippen LogP contribution in [0.4, 0.5) is 0 Å². The standard InChI is InChI=1S/C18H20N2O3S/c1-13(2)18(15-6-8-16(23-3)9-7-15)20-24(21,22)17-10-4-14(12-19)5-11-17/h4-11,13,18,20H,1-3H3/t18-/m1/s1. The average Bonchev–Trinajstić information content (AvgIpc) is 2.59. The van der Waals surface area contributed by atoms with E-state index in [9.17, 15) is 8.42 Å². The summed E-state index contributed by atoms with van der Waals surface area (Å²) >= 11 is 0. The van der Waals surface area contributed by atoms with Crippen LogP contribution in [0, 0.1) is 17.2 Å². The average molecular weight is 344 g/mol. The summed E-state index contributed by atoms with van der Waals surface area (Å²) in [4.78, 5) is 0.140. The summed E-state index contributed by atoms with van der Waals surface area (Å²) < 4.78 is 33.1. The molecule has 0 fully saturated rings. The van der Waals surface area contributed by atoms with Crippen LogP contribution in [0.25, 0.3) is 0 Å². The molecule has 0 aliphatic heterocycles. The number of nitrogens with one attached hydrogen (secondary N) is 1. The van der Waals surface area contributed by atoms with Crippen LogP contribution < -0.4 is 9.46 Å². The molecule has 5 nitrogen and oxygen atoms in total. The smallest absolute Gasteiger partial charge is 0.241 e. The molecule has 0 heterocycles. The number of ether oxygens (including phenoxy) is 1. The Labute approximate surface area is 142 Å². The van der Waals surface area contributed by atoms with Crippen LogP contribution in [0.1, 0.15) is 31.0 Å². The Hall–Kier alpha value is -2.36. The van der Waals surface area contributed by atoms with Crippen LogP contribution in [0.5, 0.6) is 5.75 Å². The van der Waals surface area contributed by atoms with Gasteiger partial charge in [-0.2, -0.15) is 5.26 Å². The Morgan fingerprint density at radius 3 is 2.08 bits per heavy atom. The molecule has 0 unspecified atom stereocenters. The number of methoxy groups -OCH3 is 1. The van der Waals surface area contributed by atoms with E-state index in [-0.39, 0.29) is 16.9 Å². The fourth-order valence-electron chi connectivity index (χ4n) is 2.34. The maximum atomic E-state index is 12.6. The molecule has 0 aliphatic rings. The van der Waals surface area contributed by atoms with E-state index in [0.717, 1.165) is 11.3 Å². The Morgan fingerprint density at radius 2 is 1.62 bits per heavy atom. The monoisotopic (exact) mass is 344 g/mol. The third kappa shape index (κ3) is 4.13. The number of nitriles is 1. The van der Waals surface area contributed by atoms with Gasteiger partial charge in [-0.1, -0.05) is 26.0 Å². The van der Waals surface area contributed by atoms with Gasteiger partial charge >= 0.3 is 0 Å². The van der Waals surface area contributed by atoms with Crippen molar-refractivity contribution < 1.29 is 13.2 Å². The predicted molar refractivity (Wildman–Crippen MR) is 92.1 cm³/mol. The molecule has 2 rings (SSSR count). The molecule has 0 saturated carbocycles. The van der Waals surface area contributed by atoms with Gasteiger partial charge in [0.05, 0.1) is 23.6 Å². The second-order valence-electron chi connectivity index (χ2n) is 5.75. The highest BCUT2D eigenvalue weighted by Gasteiger charge is 2.24. The highest BCUT2D eigenvalue weighted by molar-refractivity contribution is 7.89. The van der Waals surface area contributed by atoms with Crippen molar-refractivity contribution in [1.29, 1.82) is 5.26 Å². The van der Waals surface area contributed by atoms with Crippen LogP contribution in [0.15, 0.2) is 53.4 Å². The first-order valence-corrected chi connectivity index (χ1v) is 9.02. The predicted octanol–water partition coefficient (Wildman–Crippen LogP) is 3.24. The summed E-state index contributed by atoms with van der Waals surface area (Å²) in [6.45, 7) is 3.91. The molecule has 1 atom stereocenters. The molecule has 0 saturated heterocycles. The highest BCUT2D eigenvalue weighted by Crippen LogP contribution is 2.26. The van der Waals surface area contributed by atoms with E-state index in [2.05, 4.69) is 4.72 Å². The van der Waals surface area contributed by atoms with E-state index in [1.807, 2.05) is 32.0 Å². The third-order valence-corrected chi connectivity index (χ3v) is 5.17. The topological polar surface area (TPSA) is 79.2 Å². The minimum atomic E-state index is -3.68. The fraction of sp³-hybridized carbons (Fsp3) is 0.278. The number of nitrogens with zero attached hydrogens (tertiary/aromatic N) is 1. The van der Waals surface area contributed by atoms with Gasteiger partial charge in [0.2, 0.25) is 10.0 Å². The molecule has 2 aromatic rings. The molecule has 24 heavy (non-hydrogen) atoms. The molecule has 0 spiro atoms. The van der Waals surface area contributed by atoms with E-state index in [0.29, 0.717) is 5.56 Å². The maximum absolute atomic E-state index is 12.6. The minimum Gasteiger partial charge on any atom is -0.497 e. The van der Waals surface area contributed by atoms with Gasteiger partial charge in [-0.15, -0.1) is 0 Å². The second kappa shape index (κ2) is 7.47. The Morgan fingerprint density at radius 1 is 1.04 bits per heavy atom. The quantitative estimate of drug-likeness (QED) is 0.872. The summed E-state index contributed by atoms with van der Waals surface area (Å²) in [6, 6.07) is 14.8. The Balaban J connectivity index is 2.29. The van der Waals surface area contributed by atoms with Gasteiger partial charge in [-0.25, -0.2) is 13.1 Å². The largest absolute Gasteiger partial charge is 0.497 e. The van der Waals surface area contributed by atoms with E-state index in [1.165, 1.54) is 24.3 Å². The lowest BCUT2D eigenvalue weighted by molar-refractivity contribution is 0.413. The minimum absolute atomic E-state index is 0.0616. The summed E-state index contributed by atoms with van der Waals surface area (Å²) in [5.41, 5.74) is 1.28. The summed E-state index contributed by atoms with van der Waals surface area (Å²) in [5.74, 6) is 0.780. The lowest BCUT2D eigenvalue weighted by atomic mass is 9.97. The molecule has 126 valence electrons. The maximum Gasteiger partial charge on any atom is 0.241 e. The fourth-order valence-corrected chi connectivity index (χ4v) is 3.72. The number of sulfonamides is 1. The number of benzene rings is 2. The van der Waals surface area contributed by atoms with Gasteiger partial charge in [0.25, 0.3) is 0 Å². The second-order valence-corrected chi connectivity index (χ2v) is 7.47. The SMILES string of the molecule is COc1ccc([C@H](NS(=O)(=O)c2ccc(C#N)cc2)C(C)C)cc1. The zero-order chi connectivity index (χ0) is 17.7. The van der Waals surface area contributed by atoms with E-state index < -0.39 is 10.0 Å². The van der Waals surface area contributed by atoms with Crippen molar-refractivity contribution in [3.05, 3.63) is 59.7 Å². The molecular formula is C18H20N2O3S. The molecule has 0 radical (unpaired) electrons. The van der Waals surface area contributed by atoms with Crippen LogP contribution in [-0.2, 0) is 10.0 Å².